The van der Waals surface area contributed by atoms with E-state index < -0.39 is 11.9 Å². The summed E-state index contributed by atoms with van der Waals surface area (Å²) in [5.41, 5.74) is 5.07. The first kappa shape index (κ1) is 9.68. The average molecular weight is 157 g/mol. The van der Waals surface area contributed by atoms with Crippen LogP contribution in [0.15, 0.2) is 11.6 Å². The first-order valence-corrected chi connectivity index (χ1v) is 3.28. The molecule has 0 saturated heterocycles. The normalized spacial score (nSPS) is 11.2. The summed E-state index contributed by atoms with van der Waals surface area (Å²) in [6.07, 6.45) is 1.85. The molecule has 4 nitrogen and oxygen atoms in total. The zero-order valence-electron chi connectivity index (χ0n) is 6.33. The van der Waals surface area contributed by atoms with Crippen LogP contribution in [0.4, 0.5) is 0 Å². The summed E-state index contributed by atoms with van der Waals surface area (Å²) in [5, 5.41) is 8.31. The highest BCUT2D eigenvalue weighted by Gasteiger charge is 2.07. The summed E-state index contributed by atoms with van der Waals surface area (Å²) >= 11 is 0. The number of carboxylic acids is 1. The third-order valence-electron chi connectivity index (χ3n) is 1.11. The van der Waals surface area contributed by atoms with E-state index in [4.69, 9.17) is 10.8 Å². The van der Waals surface area contributed by atoms with Gasteiger partial charge in [0.2, 0.25) is 5.91 Å². The summed E-state index contributed by atoms with van der Waals surface area (Å²) in [4.78, 5) is 20.7. The fourth-order valence-corrected chi connectivity index (χ4v) is 0.669. The van der Waals surface area contributed by atoms with E-state index in [2.05, 4.69) is 0 Å². The third-order valence-corrected chi connectivity index (χ3v) is 1.11. The molecule has 0 fully saturated rings. The lowest BCUT2D eigenvalue weighted by Gasteiger charge is -1.96. The molecule has 0 spiro atoms. The van der Waals surface area contributed by atoms with Gasteiger partial charge in [-0.2, -0.15) is 0 Å². The molecule has 0 aliphatic heterocycles. The van der Waals surface area contributed by atoms with Crippen molar-refractivity contribution in [3.05, 3.63) is 11.6 Å². The van der Waals surface area contributed by atoms with Crippen molar-refractivity contribution in [1.29, 1.82) is 0 Å². The first-order chi connectivity index (χ1) is 5.07. The predicted octanol–water partition coefficient (Wildman–Crippen LogP) is 0.283. The maximum Gasteiger partial charge on any atom is 0.308 e. The zero-order chi connectivity index (χ0) is 8.85. The SMILES string of the molecule is CCC=C(CC(=O)O)C(N)=O. The van der Waals surface area contributed by atoms with Gasteiger partial charge < -0.3 is 10.8 Å². The highest BCUT2D eigenvalue weighted by Crippen LogP contribution is 2.01. The highest BCUT2D eigenvalue weighted by molar-refractivity contribution is 5.96. The fraction of sp³-hybridized carbons (Fsp3) is 0.429. The molecule has 3 N–H and O–H groups in total. The van der Waals surface area contributed by atoms with Crippen molar-refractivity contribution in [2.75, 3.05) is 0 Å². The number of amides is 1. The molecular formula is C7H11NO3. The second kappa shape index (κ2) is 4.49. The Kier molecular flexibility index (Phi) is 3.95. The van der Waals surface area contributed by atoms with Gasteiger partial charge in [-0.25, -0.2) is 0 Å². The molecule has 0 atom stereocenters. The number of allylic oxidation sites excluding steroid dienone is 1. The van der Waals surface area contributed by atoms with Crippen LogP contribution in [0.5, 0.6) is 0 Å². The lowest BCUT2D eigenvalue weighted by Crippen LogP contribution is -2.16. The van der Waals surface area contributed by atoms with E-state index in [0.29, 0.717) is 6.42 Å². The monoisotopic (exact) mass is 157 g/mol. The van der Waals surface area contributed by atoms with Crippen LogP contribution in [0, 0.1) is 0 Å². The van der Waals surface area contributed by atoms with Crippen LogP contribution >= 0.6 is 0 Å². The molecule has 0 aromatic heterocycles. The van der Waals surface area contributed by atoms with E-state index in [9.17, 15) is 9.59 Å². The Hall–Kier alpha value is -1.32. The quantitative estimate of drug-likeness (QED) is 0.575. The minimum atomic E-state index is -1.04. The van der Waals surface area contributed by atoms with Crippen LogP contribution in [0.2, 0.25) is 0 Å². The van der Waals surface area contributed by atoms with Crippen molar-refractivity contribution in [2.24, 2.45) is 5.73 Å². The van der Waals surface area contributed by atoms with Gasteiger partial charge in [0.15, 0.2) is 0 Å². The lowest BCUT2D eigenvalue weighted by molar-refractivity contribution is -0.137. The maximum absolute atomic E-state index is 10.5. The van der Waals surface area contributed by atoms with E-state index in [1.807, 2.05) is 6.92 Å². The molecule has 62 valence electrons. The molecule has 1 amide bonds. The Morgan fingerprint density at radius 1 is 1.55 bits per heavy atom. The molecule has 0 aliphatic rings. The van der Waals surface area contributed by atoms with Crippen molar-refractivity contribution < 1.29 is 14.7 Å². The van der Waals surface area contributed by atoms with Crippen LogP contribution in [-0.4, -0.2) is 17.0 Å². The van der Waals surface area contributed by atoms with Crippen molar-refractivity contribution >= 4 is 11.9 Å². The molecule has 0 radical (unpaired) electrons. The van der Waals surface area contributed by atoms with Gasteiger partial charge in [0.1, 0.15) is 0 Å². The third kappa shape index (κ3) is 4.13. The molecule has 0 bridgehead atoms. The van der Waals surface area contributed by atoms with Gasteiger partial charge in [-0.1, -0.05) is 13.0 Å². The van der Waals surface area contributed by atoms with Crippen LogP contribution < -0.4 is 5.73 Å². The minimum absolute atomic E-state index is 0.167. The van der Waals surface area contributed by atoms with E-state index in [-0.39, 0.29) is 12.0 Å². The van der Waals surface area contributed by atoms with Gasteiger partial charge in [-0.3, -0.25) is 9.59 Å². The number of hydrogen-bond acceptors (Lipinski definition) is 2. The summed E-state index contributed by atoms with van der Waals surface area (Å²) in [6, 6.07) is 0. The lowest BCUT2D eigenvalue weighted by atomic mass is 10.1. The van der Waals surface area contributed by atoms with Crippen LogP contribution in [0.1, 0.15) is 19.8 Å². The van der Waals surface area contributed by atoms with Crippen molar-refractivity contribution in [3.8, 4) is 0 Å². The smallest absolute Gasteiger partial charge is 0.308 e. The highest BCUT2D eigenvalue weighted by atomic mass is 16.4. The van der Waals surface area contributed by atoms with Gasteiger partial charge in [0, 0.05) is 5.57 Å². The van der Waals surface area contributed by atoms with Crippen molar-refractivity contribution in [1.82, 2.24) is 0 Å². The number of primary amides is 1. The van der Waals surface area contributed by atoms with Crippen LogP contribution in [-0.2, 0) is 9.59 Å². The Labute approximate surface area is 64.7 Å². The number of rotatable bonds is 4. The summed E-state index contributed by atoms with van der Waals surface area (Å²) in [5.74, 6) is -1.70. The molecule has 0 rings (SSSR count). The summed E-state index contributed by atoms with van der Waals surface area (Å²) < 4.78 is 0. The van der Waals surface area contributed by atoms with Gasteiger partial charge in [0.05, 0.1) is 6.42 Å². The Morgan fingerprint density at radius 3 is 2.36 bits per heavy atom. The van der Waals surface area contributed by atoms with Gasteiger partial charge in [-0.05, 0) is 6.42 Å². The second-order valence-electron chi connectivity index (χ2n) is 2.07. The molecule has 0 unspecified atom stereocenters. The molecule has 0 aromatic carbocycles. The number of carbonyl (C=O) groups excluding carboxylic acids is 1. The first-order valence-electron chi connectivity index (χ1n) is 3.28. The standard InChI is InChI=1S/C7H11NO3/c1-2-3-5(7(8)11)4-6(9)10/h3H,2,4H2,1H3,(H2,8,11)(H,9,10). The Morgan fingerprint density at radius 2 is 2.09 bits per heavy atom. The van der Waals surface area contributed by atoms with Gasteiger partial charge in [-0.15, -0.1) is 0 Å². The number of hydrogen-bond donors (Lipinski definition) is 2. The van der Waals surface area contributed by atoms with Gasteiger partial charge in [0.25, 0.3) is 0 Å². The van der Waals surface area contributed by atoms with E-state index in [1.54, 1.807) is 0 Å². The molecular weight excluding hydrogens is 146 g/mol. The molecule has 11 heavy (non-hydrogen) atoms. The second-order valence-corrected chi connectivity index (χ2v) is 2.07. The predicted molar refractivity (Wildman–Crippen MR) is 39.8 cm³/mol. The van der Waals surface area contributed by atoms with Crippen LogP contribution in [0.25, 0.3) is 0 Å². The summed E-state index contributed by atoms with van der Waals surface area (Å²) in [7, 11) is 0. The molecule has 0 saturated carbocycles. The number of aliphatic carboxylic acids is 1. The largest absolute Gasteiger partial charge is 0.481 e. The fourth-order valence-electron chi connectivity index (χ4n) is 0.669. The Balaban J connectivity index is 4.23. The minimum Gasteiger partial charge on any atom is -0.481 e. The number of carbonyl (C=O) groups is 2. The van der Waals surface area contributed by atoms with E-state index >= 15 is 0 Å². The van der Waals surface area contributed by atoms with Crippen molar-refractivity contribution in [2.45, 2.75) is 19.8 Å². The van der Waals surface area contributed by atoms with E-state index in [1.165, 1.54) is 6.08 Å². The van der Waals surface area contributed by atoms with Gasteiger partial charge >= 0.3 is 5.97 Å². The number of nitrogens with two attached hydrogens (primary N) is 1. The zero-order valence-corrected chi connectivity index (χ0v) is 6.33. The molecule has 0 aromatic rings. The molecule has 0 heterocycles. The summed E-state index contributed by atoms with van der Waals surface area (Å²) in [6.45, 7) is 1.81. The van der Waals surface area contributed by atoms with Crippen molar-refractivity contribution in [3.63, 3.8) is 0 Å². The number of carboxylic acid groups (broad SMARTS) is 1. The topological polar surface area (TPSA) is 80.4 Å². The average Bonchev–Trinajstić information content (AvgIpc) is 1.86. The maximum atomic E-state index is 10.5. The van der Waals surface area contributed by atoms with E-state index in [0.717, 1.165) is 0 Å². The molecule has 0 aliphatic carbocycles. The Bertz CT molecular complexity index is 196. The van der Waals surface area contributed by atoms with Crippen LogP contribution in [0.3, 0.4) is 0 Å². The molecule has 4 heteroatoms.